The van der Waals surface area contributed by atoms with Gasteiger partial charge in [0.1, 0.15) is 0 Å². The van der Waals surface area contributed by atoms with Crippen LogP contribution in [0.4, 0.5) is 0 Å². The van der Waals surface area contributed by atoms with Crippen LogP contribution in [0.5, 0.6) is 0 Å². The van der Waals surface area contributed by atoms with Crippen LogP contribution < -0.4 is 10.3 Å². The Morgan fingerprint density at radius 2 is 2.18 bits per heavy atom. The number of H-pyrrole nitrogens is 1. The van der Waals surface area contributed by atoms with Gasteiger partial charge in [-0.3, -0.25) is 9.32 Å². The highest BCUT2D eigenvalue weighted by molar-refractivity contribution is 7.99. The molecule has 22 heavy (non-hydrogen) atoms. The van der Waals surface area contributed by atoms with Crippen LogP contribution >= 0.6 is 11.8 Å². The molecule has 0 amide bonds. The molecule has 2 heterocycles. The van der Waals surface area contributed by atoms with Crippen molar-refractivity contribution in [1.29, 1.82) is 0 Å². The van der Waals surface area contributed by atoms with E-state index in [0.717, 1.165) is 17.4 Å². The van der Waals surface area contributed by atoms with Crippen molar-refractivity contribution in [2.75, 3.05) is 5.75 Å². The molecule has 3 rings (SSSR count). The second-order valence-corrected chi connectivity index (χ2v) is 5.25. The minimum atomic E-state index is -0.698. The van der Waals surface area contributed by atoms with Gasteiger partial charge in [0.2, 0.25) is 10.9 Å². The standard InChI is InChI=1S/C12H10N6O3S/c1-17-10(11(20)21-16-17)9(19)7-22-12-13-14-15-18(12)8-5-3-2-4-6-8/h2-6H,7H2,1H3/p+1. The first-order valence-electron chi connectivity index (χ1n) is 6.24. The van der Waals surface area contributed by atoms with Crippen LogP contribution in [0, 0.1) is 0 Å². The van der Waals surface area contributed by atoms with E-state index >= 15 is 0 Å². The summed E-state index contributed by atoms with van der Waals surface area (Å²) in [6.45, 7) is 0. The molecule has 0 radical (unpaired) electrons. The average Bonchev–Trinajstić information content (AvgIpc) is 3.12. The third-order valence-electron chi connectivity index (χ3n) is 2.84. The van der Waals surface area contributed by atoms with E-state index in [-0.39, 0.29) is 17.2 Å². The van der Waals surface area contributed by atoms with E-state index in [1.807, 2.05) is 30.3 Å². The first-order chi connectivity index (χ1) is 10.7. The summed E-state index contributed by atoms with van der Waals surface area (Å²) >= 11 is 1.14. The lowest BCUT2D eigenvalue weighted by atomic mass is 10.3. The molecular formula is C12H11N6O3S+. The van der Waals surface area contributed by atoms with E-state index < -0.39 is 5.63 Å². The van der Waals surface area contributed by atoms with Crippen molar-refractivity contribution < 1.29 is 14.0 Å². The molecule has 0 bridgehead atoms. The lowest BCUT2D eigenvalue weighted by Gasteiger charge is -2.02. The van der Waals surface area contributed by atoms with Crippen LogP contribution in [0.25, 0.3) is 5.69 Å². The maximum atomic E-state index is 12.1. The normalized spacial score (nSPS) is 10.8. The Labute approximate surface area is 127 Å². The highest BCUT2D eigenvalue weighted by atomic mass is 32.2. The summed E-state index contributed by atoms with van der Waals surface area (Å²) in [5.41, 5.74) is 0.0381. The molecule has 0 aliphatic heterocycles. The fourth-order valence-electron chi connectivity index (χ4n) is 1.84. The number of aromatic nitrogens is 6. The molecule has 0 aliphatic rings. The van der Waals surface area contributed by atoms with Crippen molar-refractivity contribution in [3.05, 3.63) is 46.4 Å². The number of hydrogen-bond acceptors (Lipinski definition) is 7. The number of thioether (sulfide) groups is 1. The van der Waals surface area contributed by atoms with E-state index in [2.05, 4.69) is 25.3 Å². The van der Waals surface area contributed by atoms with Gasteiger partial charge < -0.3 is 0 Å². The number of para-hydroxylation sites is 1. The number of ketones is 1. The fourth-order valence-corrected chi connectivity index (χ4v) is 2.60. The lowest BCUT2D eigenvalue weighted by Crippen LogP contribution is -2.39. The topological polar surface area (TPSA) is 111 Å². The van der Waals surface area contributed by atoms with Crippen molar-refractivity contribution >= 4 is 17.5 Å². The number of benzene rings is 1. The molecule has 10 heteroatoms. The molecule has 112 valence electrons. The van der Waals surface area contributed by atoms with Crippen molar-refractivity contribution in [3.63, 3.8) is 0 Å². The summed E-state index contributed by atoms with van der Waals surface area (Å²) in [6.07, 6.45) is 0. The summed E-state index contributed by atoms with van der Waals surface area (Å²) in [4.78, 5) is 23.5. The molecule has 0 atom stereocenters. The van der Waals surface area contributed by atoms with Crippen LogP contribution in [0.15, 0.2) is 44.8 Å². The summed E-state index contributed by atoms with van der Waals surface area (Å²) in [5.74, 6) is -0.353. The number of rotatable bonds is 5. The smallest absolute Gasteiger partial charge is 0.286 e. The van der Waals surface area contributed by atoms with Gasteiger partial charge in [-0.2, -0.15) is 4.68 Å². The molecule has 9 nitrogen and oxygen atoms in total. The van der Waals surface area contributed by atoms with Crippen LogP contribution in [0.2, 0.25) is 0 Å². The molecule has 0 saturated heterocycles. The SMILES string of the molecule is C[n+]1[nH]oc(=O)c1C(=O)CSc1nnnn1-c1ccccc1. The monoisotopic (exact) mass is 319 g/mol. The van der Waals surface area contributed by atoms with E-state index in [0.29, 0.717) is 5.16 Å². The van der Waals surface area contributed by atoms with Gasteiger partial charge in [0, 0.05) is 0 Å². The molecule has 0 spiro atoms. The first-order valence-corrected chi connectivity index (χ1v) is 7.22. The number of Topliss-reactive ketones (excluding diaryl/α,β-unsaturated/α-hetero) is 1. The molecule has 2 aromatic heterocycles. The van der Waals surface area contributed by atoms with Gasteiger partial charge in [-0.15, -0.1) is 5.10 Å². The van der Waals surface area contributed by atoms with Crippen molar-refractivity contribution in [2.45, 2.75) is 5.16 Å². The number of aromatic amines is 1. The van der Waals surface area contributed by atoms with Gasteiger partial charge >= 0.3 is 11.3 Å². The Bertz CT molecular complexity index is 853. The molecule has 1 N–H and O–H groups in total. The van der Waals surface area contributed by atoms with Crippen LogP contribution in [0.1, 0.15) is 10.5 Å². The van der Waals surface area contributed by atoms with Gasteiger partial charge in [0.05, 0.1) is 11.4 Å². The maximum Gasteiger partial charge on any atom is 0.438 e. The zero-order valence-corrected chi connectivity index (χ0v) is 12.3. The van der Waals surface area contributed by atoms with Crippen LogP contribution in [-0.2, 0) is 7.05 Å². The fraction of sp³-hybridized carbons (Fsp3) is 0.167. The third kappa shape index (κ3) is 2.68. The van der Waals surface area contributed by atoms with Gasteiger partial charge in [0.25, 0.3) is 0 Å². The summed E-state index contributed by atoms with van der Waals surface area (Å²) in [6, 6.07) is 9.31. The van der Waals surface area contributed by atoms with Crippen molar-refractivity contribution in [2.24, 2.45) is 7.05 Å². The lowest BCUT2D eigenvalue weighted by molar-refractivity contribution is -0.741. The quantitative estimate of drug-likeness (QED) is 0.392. The molecule has 0 aliphatic carbocycles. The highest BCUT2D eigenvalue weighted by Gasteiger charge is 2.26. The molecule has 0 saturated carbocycles. The maximum absolute atomic E-state index is 12.1. The second kappa shape index (κ2) is 5.93. The van der Waals surface area contributed by atoms with Crippen molar-refractivity contribution in [3.8, 4) is 5.69 Å². The zero-order chi connectivity index (χ0) is 15.5. The zero-order valence-electron chi connectivity index (χ0n) is 11.5. The van der Waals surface area contributed by atoms with E-state index in [1.165, 1.54) is 16.4 Å². The highest BCUT2D eigenvalue weighted by Crippen LogP contribution is 2.18. The van der Waals surface area contributed by atoms with Crippen molar-refractivity contribution in [1.82, 2.24) is 25.5 Å². The Balaban J connectivity index is 1.77. The van der Waals surface area contributed by atoms with E-state index in [9.17, 15) is 9.59 Å². The minimum Gasteiger partial charge on any atom is -0.286 e. The predicted molar refractivity (Wildman–Crippen MR) is 74.7 cm³/mol. The number of carbonyl (C=O) groups excluding carboxylic acids is 1. The number of hydrogen-bond donors (Lipinski definition) is 1. The minimum absolute atomic E-state index is 0.0175. The largest absolute Gasteiger partial charge is 0.438 e. The average molecular weight is 319 g/mol. The Kier molecular flexibility index (Phi) is 3.83. The van der Waals surface area contributed by atoms with E-state index in [4.69, 9.17) is 0 Å². The molecule has 0 unspecified atom stereocenters. The second-order valence-electron chi connectivity index (χ2n) is 4.31. The Hall–Kier alpha value is -2.75. The van der Waals surface area contributed by atoms with Gasteiger partial charge in [-0.25, -0.2) is 4.79 Å². The number of nitrogens with zero attached hydrogens (tertiary/aromatic N) is 5. The Morgan fingerprint density at radius 3 is 2.86 bits per heavy atom. The summed E-state index contributed by atoms with van der Waals surface area (Å²) < 4.78 is 7.32. The van der Waals surface area contributed by atoms with Crippen LogP contribution in [0.3, 0.4) is 0 Å². The number of tetrazole rings is 1. The van der Waals surface area contributed by atoms with Gasteiger partial charge in [0.15, 0.2) is 7.05 Å². The molecule has 3 aromatic rings. The molecule has 0 fully saturated rings. The molecular weight excluding hydrogens is 308 g/mol. The number of carbonyl (C=O) groups is 1. The predicted octanol–water partition coefficient (Wildman–Crippen LogP) is -0.257. The van der Waals surface area contributed by atoms with Gasteiger partial charge in [-0.05, 0) is 27.8 Å². The summed E-state index contributed by atoms with van der Waals surface area (Å²) in [5, 5.41) is 14.2. The first kappa shape index (κ1) is 14.2. The number of nitrogens with one attached hydrogen (secondary N) is 1. The Morgan fingerprint density at radius 1 is 1.41 bits per heavy atom. The van der Waals surface area contributed by atoms with E-state index in [1.54, 1.807) is 0 Å². The number of aryl methyl sites for hydroxylation is 1. The van der Waals surface area contributed by atoms with Crippen LogP contribution in [-0.4, -0.2) is 37.0 Å². The molecule has 1 aromatic carbocycles. The third-order valence-corrected chi connectivity index (χ3v) is 3.76. The summed E-state index contributed by atoms with van der Waals surface area (Å²) in [7, 11) is 1.52. The van der Waals surface area contributed by atoms with Gasteiger partial charge in [-0.1, -0.05) is 34.6 Å².